The number of nitrogens with zero attached hydrogens (tertiary/aromatic N) is 3. The van der Waals surface area contributed by atoms with E-state index in [1.165, 1.54) is 11.6 Å². The van der Waals surface area contributed by atoms with E-state index in [0.717, 1.165) is 30.6 Å². The van der Waals surface area contributed by atoms with Crippen molar-refractivity contribution < 1.29 is 13.2 Å². The summed E-state index contributed by atoms with van der Waals surface area (Å²) in [7, 11) is -3.56. The molecule has 8 heteroatoms. The van der Waals surface area contributed by atoms with E-state index < -0.39 is 10.0 Å². The van der Waals surface area contributed by atoms with Crippen LogP contribution >= 0.6 is 0 Å². The molecule has 1 aliphatic rings. The first-order valence-corrected chi connectivity index (χ1v) is 11.2. The van der Waals surface area contributed by atoms with Crippen LogP contribution in [0.5, 0.6) is 0 Å². The Hall–Kier alpha value is -2.55. The first-order valence-electron chi connectivity index (χ1n) is 9.64. The minimum Gasteiger partial charge on any atom is -0.340 e. The van der Waals surface area contributed by atoms with Crippen molar-refractivity contribution >= 4 is 22.0 Å². The lowest BCUT2D eigenvalue weighted by atomic mass is 10.2. The van der Waals surface area contributed by atoms with E-state index in [-0.39, 0.29) is 18.9 Å². The zero-order valence-electron chi connectivity index (χ0n) is 16.3. The normalized spacial score (nSPS) is 15.7. The van der Waals surface area contributed by atoms with Crippen molar-refractivity contribution in [3.63, 3.8) is 0 Å². The number of hydrogen-bond donors (Lipinski definition) is 1. The molecule has 1 aliphatic heterocycles. The first-order chi connectivity index (χ1) is 14.0. The Morgan fingerprint density at radius 2 is 1.72 bits per heavy atom. The zero-order chi connectivity index (χ0) is 20.5. The summed E-state index contributed by atoms with van der Waals surface area (Å²) in [6.45, 7) is 3.87. The topological polar surface area (TPSA) is 82.6 Å². The van der Waals surface area contributed by atoms with Crippen molar-refractivity contribution in [2.45, 2.75) is 13.0 Å². The van der Waals surface area contributed by atoms with E-state index in [4.69, 9.17) is 0 Å². The van der Waals surface area contributed by atoms with Crippen LogP contribution in [0.15, 0.2) is 60.3 Å². The summed E-state index contributed by atoms with van der Waals surface area (Å²) < 4.78 is 26.6. The number of nitrogens with one attached hydrogen (secondary N) is 1. The quantitative estimate of drug-likeness (QED) is 0.711. The fourth-order valence-corrected chi connectivity index (χ4v) is 3.96. The van der Waals surface area contributed by atoms with Gasteiger partial charge in [-0.1, -0.05) is 30.3 Å². The van der Waals surface area contributed by atoms with Gasteiger partial charge in [0.05, 0.1) is 0 Å². The second kappa shape index (κ2) is 10.3. The SMILES string of the molecule is O=C(CCNS(=O)(=O)/C=C/c1ccccc1)N1CCN(Cc2ccncc2)CC1. The summed E-state index contributed by atoms with van der Waals surface area (Å²) in [6.07, 6.45) is 5.26. The molecule has 1 aromatic heterocycles. The Balaban J connectivity index is 1.38. The molecule has 2 aromatic rings. The van der Waals surface area contributed by atoms with Crippen LogP contribution in [0.4, 0.5) is 0 Å². The highest BCUT2D eigenvalue weighted by Gasteiger charge is 2.21. The summed E-state index contributed by atoms with van der Waals surface area (Å²) in [6, 6.07) is 13.2. The number of piperazine rings is 1. The number of carbonyl (C=O) groups excluding carboxylic acids is 1. The Kier molecular flexibility index (Phi) is 7.51. The molecule has 0 bridgehead atoms. The number of hydrogen-bond acceptors (Lipinski definition) is 5. The highest BCUT2D eigenvalue weighted by atomic mass is 32.2. The smallest absolute Gasteiger partial charge is 0.233 e. The molecule has 1 N–H and O–H groups in total. The van der Waals surface area contributed by atoms with E-state index >= 15 is 0 Å². The third-order valence-electron chi connectivity index (χ3n) is 4.76. The highest BCUT2D eigenvalue weighted by molar-refractivity contribution is 7.92. The van der Waals surface area contributed by atoms with Gasteiger partial charge in [0.1, 0.15) is 0 Å². The number of pyridine rings is 1. The van der Waals surface area contributed by atoms with Gasteiger partial charge in [-0.3, -0.25) is 14.7 Å². The van der Waals surface area contributed by atoms with E-state index in [2.05, 4.69) is 14.6 Å². The summed E-state index contributed by atoms with van der Waals surface area (Å²) in [4.78, 5) is 20.5. The molecule has 1 saturated heterocycles. The Morgan fingerprint density at radius 1 is 1.03 bits per heavy atom. The lowest BCUT2D eigenvalue weighted by Crippen LogP contribution is -2.48. The predicted octanol–water partition coefficient (Wildman–Crippen LogP) is 1.71. The molecule has 1 fully saturated rings. The molecule has 29 heavy (non-hydrogen) atoms. The van der Waals surface area contributed by atoms with Crippen LogP contribution in [0.1, 0.15) is 17.5 Å². The lowest BCUT2D eigenvalue weighted by Gasteiger charge is -2.34. The number of amides is 1. The van der Waals surface area contributed by atoms with Gasteiger partial charge in [0.15, 0.2) is 0 Å². The molecule has 7 nitrogen and oxygen atoms in total. The van der Waals surface area contributed by atoms with Crippen LogP contribution in [0.2, 0.25) is 0 Å². The molecule has 0 unspecified atom stereocenters. The molecule has 154 valence electrons. The van der Waals surface area contributed by atoms with E-state index in [1.54, 1.807) is 17.3 Å². The predicted molar refractivity (Wildman–Crippen MR) is 113 cm³/mol. The first kappa shape index (κ1) is 21.2. The monoisotopic (exact) mass is 414 g/mol. The van der Waals surface area contributed by atoms with Crippen molar-refractivity contribution in [2.75, 3.05) is 32.7 Å². The molecular formula is C21H26N4O3S. The number of aromatic nitrogens is 1. The maximum absolute atomic E-state index is 12.4. The van der Waals surface area contributed by atoms with Crippen molar-refractivity contribution in [3.05, 3.63) is 71.4 Å². The van der Waals surface area contributed by atoms with Gasteiger partial charge in [0, 0.05) is 63.5 Å². The van der Waals surface area contributed by atoms with Crippen LogP contribution in [-0.2, 0) is 21.4 Å². The van der Waals surface area contributed by atoms with Gasteiger partial charge in [0.25, 0.3) is 0 Å². The Bertz CT molecular complexity index is 909. The maximum Gasteiger partial charge on any atom is 0.233 e. The zero-order valence-corrected chi connectivity index (χ0v) is 17.1. The molecule has 1 aromatic carbocycles. The second-order valence-electron chi connectivity index (χ2n) is 6.92. The Morgan fingerprint density at radius 3 is 2.41 bits per heavy atom. The summed E-state index contributed by atoms with van der Waals surface area (Å²) in [5.74, 6) is -0.0247. The fourth-order valence-electron chi connectivity index (χ4n) is 3.14. The van der Waals surface area contributed by atoms with Gasteiger partial charge >= 0.3 is 0 Å². The van der Waals surface area contributed by atoms with Gasteiger partial charge in [-0.05, 0) is 29.3 Å². The standard InChI is InChI=1S/C21H26N4O3S/c26-21(8-12-23-29(27,28)17-9-19-4-2-1-3-5-19)25-15-13-24(14-16-25)18-20-6-10-22-11-7-20/h1-7,9-11,17,23H,8,12-16,18H2/b17-9+. The second-order valence-corrected chi connectivity index (χ2v) is 8.57. The number of sulfonamides is 1. The molecule has 0 aliphatic carbocycles. The van der Waals surface area contributed by atoms with Crippen molar-refractivity contribution in [2.24, 2.45) is 0 Å². The van der Waals surface area contributed by atoms with Gasteiger partial charge in [-0.15, -0.1) is 0 Å². The minimum atomic E-state index is -3.56. The van der Waals surface area contributed by atoms with Crippen molar-refractivity contribution in [1.82, 2.24) is 19.5 Å². The van der Waals surface area contributed by atoms with Crippen LogP contribution in [-0.4, -0.2) is 61.8 Å². The van der Waals surface area contributed by atoms with Crippen LogP contribution < -0.4 is 4.72 Å². The molecule has 0 atom stereocenters. The molecular weight excluding hydrogens is 388 g/mol. The van der Waals surface area contributed by atoms with Crippen LogP contribution in [0.3, 0.4) is 0 Å². The van der Waals surface area contributed by atoms with E-state index in [1.807, 2.05) is 42.5 Å². The van der Waals surface area contributed by atoms with Crippen LogP contribution in [0, 0.1) is 0 Å². The molecule has 2 heterocycles. The fraction of sp³-hybridized carbons (Fsp3) is 0.333. The van der Waals surface area contributed by atoms with Gasteiger partial charge in [0.2, 0.25) is 15.9 Å². The number of rotatable bonds is 8. The molecule has 1 amide bonds. The average molecular weight is 415 g/mol. The van der Waals surface area contributed by atoms with E-state index in [0.29, 0.717) is 13.1 Å². The van der Waals surface area contributed by atoms with Crippen LogP contribution in [0.25, 0.3) is 6.08 Å². The molecule has 0 saturated carbocycles. The summed E-state index contributed by atoms with van der Waals surface area (Å²) in [5, 5.41) is 1.13. The summed E-state index contributed by atoms with van der Waals surface area (Å²) in [5.41, 5.74) is 2.01. The lowest BCUT2D eigenvalue weighted by molar-refractivity contribution is -0.132. The Labute approximate surface area is 172 Å². The average Bonchev–Trinajstić information content (AvgIpc) is 2.74. The largest absolute Gasteiger partial charge is 0.340 e. The van der Waals surface area contributed by atoms with E-state index in [9.17, 15) is 13.2 Å². The minimum absolute atomic E-state index is 0.0247. The third-order valence-corrected chi connectivity index (χ3v) is 5.86. The summed E-state index contributed by atoms with van der Waals surface area (Å²) >= 11 is 0. The van der Waals surface area contributed by atoms with Crippen molar-refractivity contribution in [1.29, 1.82) is 0 Å². The number of carbonyl (C=O) groups is 1. The highest BCUT2D eigenvalue weighted by Crippen LogP contribution is 2.09. The molecule has 3 rings (SSSR count). The third kappa shape index (κ3) is 7.08. The van der Waals surface area contributed by atoms with Crippen molar-refractivity contribution in [3.8, 4) is 0 Å². The van der Waals surface area contributed by atoms with Gasteiger partial charge in [-0.25, -0.2) is 13.1 Å². The van der Waals surface area contributed by atoms with Gasteiger partial charge in [-0.2, -0.15) is 0 Å². The number of benzene rings is 1. The molecule has 0 radical (unpaired) electrons. The molecule has 0 spiro atoms. The maximum atomic E-state index is 12.4. The van der Waals surface area contributed by atoms with Gasteiger partial charge < -0.3 is 4.90 Å².